The average molecular weight is 184 g/mol. The van der Waals surface area contributed by atoms with Crippen LogP contribution in [0, 0.1) is 5.92 Å². The third-order valence-electron chi connectivity index (χ3n) is 3.09. The van der Waals surface area contributed by atoms with Crippen molar-refractivity contribution in [3.05, 3.63) is 0 Å². The lowest BCUT2D eigenvalue weighted by molar-refractivity contribution is 0.217. The van der Waals surface area contributed by atoms with Gasteiger partial charge in [-0.25, -0.2) is 0 Å². The van der Waals surface area contributed by atoms with E-state index in [0.29, 0.717) is 0 Å². The van der Waals surface area contributed by atoms with Crippen molar-refractivity contribution in [1.82, 2.24) is 10.2 Å². The Bertz CT molecular complexity index is 145. The van der Waals surface area contributed by atoms with Crippen LogP contribution < -0.4 is 5.32 Å². The van der Waals surface area contributed by atoms with Crippen molar-refractivity contribution < 1.29 is 0 Å². The second-order valence-electron chi connectivity index (χ2n) is 4.79. The molecule has 1 saturated carbocycles. The lowest BCUT2D eigenvalue weighted by Crippen LogP contribution is -2.34. The van der Waals surface area contributed by atoms with Crippen molar-refractivity contribution in [3.63, 3.8) is 0 Å². The second-order valence-corrected chi connectivity index (χ2v) is 4.79. The molecule has 2 heteroatoms. The van der Waals surface area contributed by atoms with E-state index in [0.717, 1.165) is 18.0 Å². The molecule has 0 spiro atoms. The van der Waals surface area contributed by atoms with Gasteiger partial charge in [0.25, 0.3) is 0 Å². The molecule has 1 aliphatic rings. The summed E-state index contributed by atoms with van der Waals surface area (Å²) in [6, 6.07) is 1.58. The van der Waals surface area contributed by atoms with Crippen molar-refractivity contribution in [1.29, 1.82) is 0 Å². The molecular weight excluding hydrogens is 160 g/mol. The first-order chi connectivity index (χ1) is 6.13. The molecule has 2 unspecified atom stereocenters. The Morgan fingerprint density at radius 3 is 2.54 bits per heavy atom. The zero-order valence-corrected chi connectivity index (χ0v) is 9.51. The molecule has 1 aliphatic carbocycles. The number of hydrogen-bond donors (Lipinski definition) is 1. The Morgan fingerprint density at radius 2 is 2.08 bits per heavy atom. The zero-order chi connectivity index (χ0) is 9.84. The molecule has 0 aromatic heterocycles. The van der Waals surface area contributed by atoms with Crippen LogP contribution in [0.15, 0.2) is 0 Å². The summed E-state index contributed by atoms with van der Waals surface area (Å²) in [4.78, 5) is 2.53. The summed E-state index contributed by atoms with van der Waals surface area (Å²) in [7, 11) is 4.35. The largest absolute Gasteiger partial charge is 0.317 e. The monoisotopic (exact) mass is 184 g/mol. The molecule has 78 valence electrons. The smallest absolute Gasteiger partial charge is 0.0108 e. The van der Waals surface area contributed by atoms with Gasteiger partial charge in [-0.15, -0.1) is 0 Å². The summed E-state index contributed by atoms with van der Waals surface area (Å²) in [5.41, 5.74) is 0. The maximum atomic E-state index is 3.38. The minimum atomic E-state index is 0.764. The fourth-order valence-corrected chi connectivity index (χ4v) is 2.35. The van der Waals surface area contributed by atoms with Crippen LogP contribution in [0.25, 0.3) is 0 Å². The number of hydrogen-bond acceptors (Lipinski definition) is 2. The minimum Gasteiger partial charge on any atom is -0.317 e. The molecule has 0 saturated heterocycles. The molecule has 13 heavy (non-hydrogen) atoms. The van der Waals surface area contributed by atoms with Crippen molar-refractivity contribution in [2.75, 3.05) is 20.6 Å². The Balaban J connectivity index is 2.28. The summed E-state index contributed by atoms with van der Waals surface area (Å²) in [5, 5.41) is 3.38. The molecular formula is C11H24N2. The van der Waals surface area contributed by atoms with Gasteiger partial charge in [0.2, 0.25) is 0 Å². The molecule has 0 aromatic carbocycles. The molecule has 1 N–H and O–H groups in total. The standard InChI is InChI=1S/C11H24N2/c1-9(2)8-13(4)11-6-5-10(7-11)12-3/h9-12H,5-8H2,1-4H3. The molecule has 1 fully saturated rings. The van der Waals surface area contributed by atoms with E-state index < -0.39 is 0 Å². The molecule has 0 amide bonds. The normalized spacial score (nSPS) is 29.1. The summed E-state index contributed by atoms with van der Waals surface area (Å²) in [5.74, 6) is 0.790. The average Bonchev–Trinajstić information content (AvgIpc) is 2.50. The first-order valence-electron chi connectivity index (χ1n) is 5.51. The highest BCUT2D eigenvalue weighted by Gasteiger charge is 2.26. The van der Waals surface area contributed by atoms with Crippen molar-refractivity contribution >= 4 is 0 Å². The van der Waals surface area contributed by atoms with Crippen LogP contribution in [0.1, 0.15) is 33.1 Å². The lowest BCUT2D eigenvalue weighted by atomic mass is 10.1. The van der Waals surface area contributed by atoms with Gasteiger partial charge in [-0.3, -0.25) is 0 Å². The van der Waals surface area contributed by atoms with E-state index in [-0.39, 0.29) is 0 Å². The molecule has 0 heterocycles. The molecule has 0 aliphatic heterocycles. The maximum absolute atomic E-state index is 3.38. The Labute approximate surface area is 82.7 Å². The Kier molecular flexibility index (Phi) is 4.20. The van der Waals surface area contributed by atoms with Crippen LogP contribution in [0.2, 0.25) is 0 Å². The fourth-order valence-electron chi connectivity index (χ4n) is 2.35. The zero-order valence-electron chi connectivity index (χ0n) is 9.51. The van der Waals surface area contributed by atoms with Gasteiger partial charge < -0.3 is 10.2 Å². The molecule has 0 aromatic rings. The van der Waals surface area contributed by atoms with Crippen molar-refractivity contribution in [3.8, 4) is 0 Å². The molecule has 2 atom stereocenters. The van der Waals surface area contributed by atoms with Gasteiger partial charge in [0.15, 0.2) is 0 Å². The molecule has 1 rings (SSSR count). The molecule has 0 radical (unpaired) electrons. The number of nitrogens with zero attached hydrogens (tertiary/aromatic N) is 1. The van der Waals surface area contributed by atoms with Gasteiger partial charge in [-0.05, 0) is 39.3 Å². The van der Waals surface area contributed by atoms with Crippen LogP contribution in [0.5, 0.6) is 0 Å². The van der Waals surface area contributed by atoms with E-state index in [1.54, 1.807) is 0 Å². The molecule has 0 bridgehead atoms. The number of nitrogens with one attached hydrogen (secondary N) is 1. The predicted octanol–water partition coefficient (Wildman–Crippen LogP) is 1.71. The lowest BCUT2D eigenvalue weighted by Gasteiger charge is -2.26. The SMILES string of the molecule is CNC1CCC(N(C)CC(C)C)C1. The summed E-state index contributed by atoms with van der Waals surface area (Å²) in [6.45, 7) is 5.82. The van der Waals surface area contributed by atoms with E-state index in [2.05, 4.69) is 38.2 Å². The van der Waals surface area contributed by atoms with Crippen LogP contribution in [0.4, 0.5) is 0 Å². The van der Waals surface area contributed by atoms with Gasteiger partial charge in [-0.2, -0.15) is 0 Å². The van der Waals surface area contributed by atoms with Crippen molar-refractivity contribution in [2.24, 2.45) is 5.92 Å². The van der Waals surface area contributed by atoms with Crippen molar-refractivity contribution in [2.45, 2.75) is 45.2 Å². The summed E-state index contributed by atoms with van der Waals surface area (Å²) in [6.07, 6.45) is 4.05. The van der Waals surface area contributed by atoms with Crippen LogP contribution >= 0.6 is 0 Å². The highest BCUT2D eigenvalue weighted by Crippen LogP contribution is 2.23. The highest BCUT2D eigenvalue weighted by molar-refractivity contribution is 4.85. The first kappa shape index (κ1) is 11.0. The summed E-state index contributed by atoms with van der Waals surface area (Å²) < 4.78 is 0. The van der Waals surface area contributed by atoms with Gasteiger partial charge >= 0.3 is 0 Å². The fraction of sp³-hybridized carbons (Fsp3) is 1.00. The summed E-state index contributed by atoms with van der Waals surface area (Å²) >= 11 is 0. The van der Waals surface area contributed by atoms with E-state index in [1.807, 2.05) is 0 Å². The number of rotatable bonds is 4. The van der Waals surface area contributed by atoms with Gasteiger partial charge in [0.05, 0.1) is 0 Å². The molecule has 2 nitrogen and oxygen atoms in total. The van der Waals surface area contributed by atoms with E-state index in [4.69, 9.17) is 0 Å². The quantitative estimate of drug-likeness (QED) is 0.715. The minimum absolute atomic E-state index is 0.764. The second kappa shape index (κ2) is 4.97. The Morgan fingerprint density at radius 1 is 1.38 bits per heavy atom. The third kappa shape index (κ3) is 3.28. The third-order valence-corrected chi connectivity index (χ3v) is 3.09. The first-order valence-corrected chi connectivity index (χ1v) is 5.51. The maximum Gasteiger partial charge on any atom is 0.0108 e. The van der Waals surface area contributed by atoms with Crippen LogP contribution in [-0.2, 0) is 0 Å². The predicted molar refractivity (Wildman–Crippen MR) is 58.0 cm³/mol. The van der Waals surface area contributed by atoms with Crippen LogP contribution in [-0.4, -0.2) is 37.6 Å². The Hall–Kier alpha value is -0.0800. The van der Waals surface area contributed by atoms with E-state index >= 15 is 0 Å². The van der Waals surface area contributed by atoms with E-state index in [9.17, 15) is 0 Å². The van der Waals surface area contributed by atoms with Gasteiger partial charge in [0.1, 0.15) is 0 Å². The highest BCUT2D eigenvalue weighted by atomic mass is 15.1. The topological polar surface area (TPSA) is 15.3 Å². The van der Waals surface area contributed by atoms with Gasteiger partial charge in [0, 0.05) is 18.6 Å². The van der Waals surface area contributed by atoms with Crippen LogP contribution in [0.3, 0.4) is 0 Å². The van der Waals surface area contributed by atoms with Gasteiger partial charge in [-0.1, -0.05) is 13.8 Å². The van der Waals surface area contributed by atoms with E-state index in [1.165, 1.54) is 25.8 Å².